The van der Waals surface area contributed by atoms with Crippen molar-refractivity contribution in [3.05, 3.63) is 35.6 Å². The summed E-state index contributed by atoms with van der Waals surface area (Å²) >= 11 is 6.33. The highest BCUT2D eigenvalue weighted by molar-refractivity contribution is 6.38. The molecular weight excluding hydrogens is 357 g/mol. The van der Waals surface area contributed by atoms with Crippen LogP contribution >= 0.6 is 11.6 Å². The molecule has 25 heavy (non-hydrogen) atoms. The molecule has 0 amide bonds. The van der Waals surface area contributed by atoms with Gasteiger partial charge in [0.1, 0.15) is 5.71 Å². The van der Waals surface area contributed by atoms with Gasteiger partial charge in [-0.25, -0.2) is 4.68 Å². The van der Waals surface area contributed by atoms with Crippen molar-refractivity contribution in [3.63, 3.8) is 0 Å². The van der Waals surface area contributed by atoms with E-state index in [0.717, 1.165) is 31.0 Å². The van der Waals surface area contributed by atoms with Crippen LogP contribution in [0, 0.1) is 5.41 Å². The second-order valence-corrected chi connectivity index (χ2v) is 6.04. The van der Waals surface area contributed by atoms with E-state index in [-0.39, 0.29) is 6.23 Å². The summed E-state index contributed by atoms with van der Waals surface area (Å²) in [5.74, 6) is 0. The van der Waals surface area contributed by atoms with E-state index in [1.807, 2.05) is 0 Å². The molecule has 3 rings (SSSR count). The van der Waals surface area contributed by atoms with Gasteiger partial charge in [0, 0.05) is 18.2 Å². The first-order valence-corrected chi connectivity index (χ1v) is 8.12. The number of nitrogens with one attached hydrogen (secondary N) is 2. The Morgan fingerprint density at radius 2 is 2.20 bits per heavy atom. The summed E-state index contributed by atoms with van der Waals surface area (Å²) in [4.78, 5) is 0. The number of benzene rings is 1. The SMILES string of the molecule is N=C(/C=C/Nc1ccc2c(cnn2C2CCCCO2)c1Cl)C(F)(F)F. The first-order valence-electron chi connectivity index (χ1n) is 7.74. The number of hydrogen-bond donors (Lipinski definition) is 2. The first-order chi connectivity index (χ1) is 11.9. The van der Waals surface area contributed by atoms with E-state index < -0.39 is 11.9 Å². The highest BCUT2D eigenvalue weighted by Gasteiger charge is 2.32. The Hall–Kier alpha value is -2.06. The molecule has 0 saturated carbocycles. The molecule has 1 aromatic carbocycles. The van der Waals surface area contributed by atoms with Gasteiger partial charge in [-0.1, -0.05) is 11.6 Å². The molecule has 2 heterocycles. The lowest BCUT2D eigenvalue weighted by atomic mass is 10.2. The third-order valence-electron chi connectivity index (χ3n) is 3.94. The molecule has 1 aliphatic rings. The molecule has 2 N–H and O–H groups in total. The van der Waals surface area contributed by atoms with E-state index in [0.29, 0.717) is 28.8 Å². The fraction of sp³-hybridized carbons (Fsp3) is 0.375. The molecule has 0 aliphatic carbocycles. The third-order valence-corrected chi connectivity index (χ3v) is 4.34. The molecule has 1 saturated heterocycles. The number of ether oxygens (including phenoxy) is 1. The van der Waals surface area contributed by atoms with E-state index in [1.54, 1.807) is 23.0 Å². The number of alkyl halides is 3. The van der Waals surface area contributed by atoms with Gasteiger partial charge < -0.3 is 10.1 Å². The number of halogens is 4. The lowest BCUT2D eigenvalue weighted by Crippen LogP contribution is -2.19. The van der Waals surface area contributed by atoms with Crippen LogP contribution in [0.3, 0.4) is 0 Å². The number of hydrogen-bond acceptors (Lipinski definition) is 4. The van der Waals surface area contributed by atoms with Gasteiger partial charge in [0.15, 0.2) is 6.23 Å². The van der Waals surface area contributed by atoms with Crippen molar-refractivity contribution < 1.29 is 17.9 Å². The van der Waals surface area contributed by atoms with E-state index in [4.69, 9.17) is 21.7 Å². The molecule has 1 aromatic heterocycles. The summed E-state index contributed by atoms with van der Waals surface area (Å²) in [7, 11) is 0. The molecule has 0 radical (unpaired) electrons. The number of nitrogens with zero attached hydrogens (tertiary/aromatic N) is 2. The Bertz CT molecular complexity index is 810. The summed E-state index contributed by atoms with van der Waals surface area (Å²) < 4.78 is 44.4. The molecule has 9 heteroatoms. The maximum absolute atomic E-state index is 12.3. The van der Waals surface area contributed by atoms with E-state index >= 15 is 0 Å². The summed E-state index contributed by atoms with van der Waals surface area (Å²) in [5.41, 5.74) is -0.210. The lowest BCUT2D eigenvalue weighted by Gasteiger charge is -2.23. The van der Waals surface area contributed by atoms with Gasteiger partial charge in [0.2, 0.25) is 0 Å². The molecular formula is C16H16ClF3N4O. The molecule has 1 atom stereocenters. The van der Waals surface area contributed by atoms with Gasteiger partial charge in [0.25, 0.3) is 0 Å². The van der Waals surface area contributed by atoms with Crippen molar-refractivity contribution in [2.75, 3.05) is 11.9 Å². The van der Waals surface area contributed by atoms with Crippen LogP contribution in [0.5, 0.6) is 0 Å². The second kappa shape index (κ2) is 7.05. The predicted octanol–water partition coefficient (Wildman–Crippen LogP) is 4.90. The minimum atomic E-state index is -4.67. The maximum Gasteiger partial charge on any atom is 0.432 e. The fourth-order valence-corrected chi connectivity index (χ4v) is 2.92. The maximum atomic E-state index is 12.3. The van der Waals surface area contributed by atoms with Crippen LogP contribution in [0.2, 0.25) is 5.02 Å². The zero-order valence-electron chi connectivity index (χ0n) is 13.1. The van der Waals surface area contributed by atoms with Crippen LogP contribution in [0.1, 0.15) is 25.5 Å². The van der Waals surface area contributed by atoms with Gasteiger partial charge in [-0.2, -0.15) is 18.3 Å². The quantitative estimate of drug-likeness (QED) is 0.750. The topological polar surface area (TPSA) is 62.9 Å². The predicted molar refractivity (Wildman–Crippen MR) is 90.1 cm³/mol. The Morgan fingerprint density at radius 1 is 1.40 bits per heavy atom. The van der Waals surface area contributed by atoms with Crippen LogP contribution < -0.4 is 5.32 Å². The monoisotopic (exact) mass is 372 g/mol. The highest BCUT2D eigenvalue weighted by Crippen LogP contribution is 2.34. The number of aromatic nitrogens is 2. The van der Waals surface area contributed by atoms with E-state index in [1.165, 1.54) is 0 Å². The third kappa shape index (κ3) is 3.80. The molecule has 134 valence electrons. The molecule has 5 nitrogen and oxygen atoms in total. The first kappa shape index (κ1) is 17.8. The zero-order chi connectivity index (χ0) is 18.0. The molecule has 1 fully saturated rings. The van der Waals surface area contributed by atoms with Crippen molar-refractivity contribution in [1.29, 1.82) is 5.41 Å². The van der Waals surface area contributed by atoms with Crippen LogP contribution in [-0.2, 0) is 4.74 Å². The largest absolute Gasteiger partial charge is 0.432 e. The number of allylic oxidation sites excluding steroid dienone is 1. The smallest absolute Gasteiger partial charge is 0.360 e. The highest BCUT2D eigenvalue weighted by atomic mass is 35.5. The van der Waals surface area contributed by atoms with Gasteiger partial charge in [-0.05, 0) is 37.5 Å². The molecule has 0 bridgehead atoms. The standard InChI is InChI=1S/C16H16ClF3N4O/c17-15-10-9-23-24(14-3-1-2-8-25-14)12(10)5-4-11(15)22-7-6-13(21)16(18,19)20/h4-7,9,14,21-22H,1-3,8H2/b7-6+,21-13?. The fourth-order valence-electron chi connectivity index (χ4n) is 2.65. The average molecular weight is 373 g/mol. The summed E-state index contributed by atoms with van der Waals surface area (Å²) in [6, 6.07) is 3.45. The summed E-state index contributed by atoms with van der Waals surface area (Å²) in [6.45, 7) is 0.690. The Morgan fingerprint density at radius 3 is 2.88 bits per heavy atom. The van der Waals surface area contributed by atoms with Crippen LogP contribution in [-0.4, -0.2) is 28.3 Å². The van der Waals surface area contributed by atoms with Crippen LogP contribution in [0.25, 0.3) is 10.9 Å². The van der Waals surface area contributed by atoms with E-state index in [2.05, 4.69) is 10.4 Å². The molecule has 0 spiro atoms. The minimum Gasteiger partial charge on any atom is -0.360 e. The minimum absolute atomic E-state index is 0.131. The molecule has 1 aliphatic heterocycles. The summed E-state index contributed by atoms with van der Waals surface area (Å²) in [5, 5.41) is 14.9. The lowest BCUT2D eigenvalue weighted by molar-refractivity contribution is -0.0584. The Balaban J connectivity index is 1.81. The van der Waals surface area contributed by atoms with E-state index in [9.17, 15) is 13.2 Å². The summed E-state index contributed by atoms with van der Waals surface area (Å²) in [6.07, 6.45) is 1.45. The normalized spacial score (nSPS) is 18.8. The van der Waals surface area contributed by atoms with Crippen LogP contribution in [0.4, 0.5) is 18.9 Å². The van der Waals surface area contributed by atoms with Gasteiger partial charge >= 0.3 is 6.18 Å². The number of rotatable bonds is 4. The molecule has 1 unspecified atom stereocenters. The van der Waals surface area contributed by atoms with Gasteiger partial charge in [-0.15, -0.1) is 0 Å². The Labute approximate surface area is 146 Å². The van der Waals surface area contributed by atoms with Crippen molar-refractivity contribution >= 4 is 33.9 Å². The number of anilines is 1. The van der Waals surface area contributed by atoms with Crippen molar-refractivity contribution in [2.45, 2.75) is 31.7 Å². The molecule has 2 aromatic rings. The number of fused-ring (bicyclic) bond motifs is 1. The average Bonchev–Trinajstić information content (AvgIpc) is 3.01. The van der Waals surface area contributed by atoms with Crippen molar-refractivity contribution in [1.82, 2.24) is 9.78 Å². The van der Waals surface area contributed by atoms with Crippen molar-refractivity contribution in [2.24, 2.45) is 0 Å². The second-order valence-electron chi connectivity index (χ2n) is 5.66. The van der Waals surface area contributed by atoms with Gasteiger partial charge in [-0.3, -0.25) is 5.41 Å². The zero-order valence-corrected chi connectivity index (χ0v) is 13.9. The Kier molecular flexibility index (Phi) is 5.01. The van der Waals surface area contributed by atoms with Gasteiger partial charge in [0.05, 0.1) is 22.4 Å². The van der Waals surface area contributed by atoms with Crippen molar-refractivity contribution in [3.8, 4) is 0 Å². The van der Waals surface area contributed by atoms with Crippen LogP contribution in [0.15, 0.2) is 30.6 Å².